The molecule has 1 saturated carbocycles. The molecule has 2 aliphatic rings. The Kier molecular flexibility index (Phi) is 3.26. The lowest BCUT2D eigenvalue weighted by Gasteiger charge is -2.12. The molecule has 6 heteroatoms. The van der Waals surface area contributed by atoms with Gasteiger partial charge in [-0.15, -0.1) is 0 Å². The second-order valence-electron chi connectivity index (χ2n) is 6.18. The van der Waals surface area contributed by atoms with Crippen LogP contribution in [-0.2, 0) is 0 Å². The van der Waals surface area contributed by atoms with Crippen LogP contribution in [0.1, 0.15) is 12.8 Å². The Bertz CT molecular complexity index is 926. The SMILES string of the molecule is c1cncc(-c2nc(NC3CC3)ncc2-c2ccc3c(c2)OCO3)c1. The van der Waals surface area contributed by atoms with Gasteiger partial charge in [-0.25, -0.2) is 9.97 Å². The Balaban J connectivity index is 1.62. The molecule has 6 nitrogen and oxygen atoms in total. The fraction of sp³-hybridized carbons (Fsp3) is 0.211. The molecule has 1 N–H and O–H groups in total. The van der Waals surface area contributed by atoms with Crippen molar-refractivity contribution >= 4 is 5.95 Å². The Labute approximate surface area is 144 Å². The van der Waals surface area contributed by atoms with Gasteiger partial charge in [0.1, 0.15) is 0 Å². The van der Waals surface area contributed by atoms with Crippen molar-refractivity contribution in [1.29, 1.82) is 0 Å². The number of nitrogens with zero attached hydrogens (tertiary/aromatic N) is 3. The van der Waals surface area contributed by atoms with Crippen LogP contribution in [0, 0.1) is 0 Å². The van der Waals surface area contributed by atoms with Crippen molar-refractivity contribution in [3.05, 3.63) is 48.9 Å². The summed E-state index contributed by atoms with van der Waals surface area (Å²) in [7, 11) is 0. The number of hydrogen-bond acceptors (Lipinski definition) is 6. The van der Waals surface area contributed by atoms with Gasteiger partial charge in [-0.1, -0.05) is 6.07 Å². The van der Waals surface area contributed by atoms with E-state index in [1.165, 1.54) is 12.8 Å². The summed E-state index contributed by atoms with van der Waals surface area (Å²) < 4.78 is 10.9. The van der Waals surface area contributed by atoms with Gasteiger partial charge in [0.2, 0.25) is 12.7 Å². The highest BCUT2D eigenvalue weighted by Gasteiger charge is 2.23. The lowest BCUT2D eigenvalue weighted by atomic mass is 10.0. The van der Waals surface area contributed by atoms with Crippen LogP contribution in [0.25, 0.3) is 22.4 Å². The fourth-order valence-electron chi connectivity index (χ4n) is 2.86. The molecule has 0 radical (unpaired) electrons. The lowest BCUT2D eigenvalue weighted by Crippen LogP contribution is -2.06. The molecule has 1 aromatic carbocycles. The first-order chi connectivity index (χ1) is 12.4. The molecule has 0 atom stereocenters. The summed E-state index contributed by atoms with van der Waals surface area (Å²) in [6.45, 7) is 0.259. The van der Waals surface area contributed by atoms with E-state index in [0.717, 1.165) is 33.9 Å². The fourth-order valence-corrected chi connectivity index (χ4v) is 2.86. The van der Waals surface area contributed by atoms with Crippen LogP contribution < -0.4 is 14.8 Å². The molecule has 3 heterocycles. The third-order valence-electron chi connectivity index (χ3n) is 4.32. The van der Waals surface area contributed by atoms with Crippen LogP contribution in [-0.4, -0.2) is 27.8 Å². The van der Waals surface area contributed by atoms with Crippen LogP contribution in [0.4, 0.5) is 5.95 Å². The highest BCUT2D eigenvalue weighted by atomic mass is 16.7. The minimum Gasteiger partial charge on any atom is -0.454 e. The summed E-state index contributed by atoms with van der Waals surface area (Å²) in [5.41, 5.74) is 3.73. The molecule has 0 saturated heterocycles. The molecule has 1 aliphatic carbocycles. The van der Waals surface area contributed by atoms with E-state index in [4.69, 9.17) is 14.5 Å². The number of fused-ring (bicyclic) bond motifs is 1. The van der Waals surface area contributed by atoms with E-state index >= 15 is 0 Å². The monoisotopic (exact) mass is 332 g/mol. The van der Waals surface area contributed by atoms with E-state index in [0.29, 0.717) is 12.0 Å². The normalized spacial score (nSPS) is 15.2. The van der Waals surface area contributed by atoms with E-state index in [9.17, 15) is 0 Å². The summed E-state index contributed by atoms with van der Waals surface area (Å²) in [5.74, 6) is 2.17. The first-order valence-electron chi connectivity index (χ1n) is 8.31. The zero-order valence-corrected chi connectivity index (χ0v) is 13.5. The molecule has 2 aromatic heterocycles. The largest absolute Gasteiger partial charge is 0.454 e. The topological polar surface area (TPSA) is 69.2 Å². The zero-order valence-electron chi connectivity index (χ0n) is 13.5. The highest BCUT2D eigenvalue weighted by Crippen LogP contribution is 2.38. The molecule has 124 valence electrons. The van der Waals surface area contributed by atoms with Crippen LogP contribution in [0.3, 0.4) is 0 Å². The maximum atomic E-state index is 5.50. The number of pyridine rings is 1. The standard InChI is InChI=1S/C19H16N4O2/c1-2-13(9-20-7-1)18-15(10-21-19(23-18)22-14-4-5-14)12-3-6-16-17(8-12)25-11-24-16/h1-3,6-10,14H,4-5,11H2,(H,21,22,23). The van der Waals surface area contributed by atoms with Crippen molar-refractivity contribution in [1.82, 2.24) is 15.0 Å². The van der Waals surface area contributed by atoms with E-state index in [2.05, 4.69) is 15.3 Å². The van der Waals surface area contributed by atoms with Crippen molar-refractivity contribution in [2.45, 2.75) is 18.9 Å². The minimum atomic E-state index is 0.259. The molecule has 3 aromatic rings. The van der Waals surface area contributed by atoms with Crippen LogP contribution >= 0.6 is 0 Å². The average Bonchev–Trinajstić information content (AvgIpc) is 3.35. The number of nitrogens with one attached hydrogen (secondary N) is 1. The predicted molar refractivity (Wildman–Crippen MR) is 93.5 cm³/mol. The molecule has 1 aliphatic heterocycles. The Hall–Kier alpha value is -3.15. The number of anilines is 1. The van der Waals surface area contributed by atoms with Crippen molar-refractivity contribution in [2.24, 2.45) is 0 Å². The number of ether oxygens (including phenoxy) is 2. The van der Waals surface area contributed by atoms with Crippen LogP contribution in [0.2, 0.25) is 0 Å². The van der Waals surface area contributed by atoms with Gasteiger partial charge in [0.05, 0.1) is 5.69 Å². The van der Waals surface area contributed by atoms with E-state index in [1.807, 2.05) is 42.7 Å². The third kappa shape index (κ3) is 2.76. The maximum Gasteiger partial charge on any atom is 0.231 e. The van der Waals surface area contributed by atoms with Crippen LogP contribution in [0.5, 0.6) is 11.5 Å². The smallest absolute Gasteiger partial charge is 0.231 e. The van der Waals surface area contributed by atoms with Gasteiger partial charge in [0, 0.05) is 35.8 Å². The lowest BCUT2D eigenvalue weighted by molar-refractivity contribution is 0.174. The molecule has 25 heavy (non-hydrogen) atoms. The number of aromatic nitrogens is 3. The van der Waals surface area contributed by atoms with E-state index < -0.39 is 0 Å². The van der Waals surface area contributed by atoms with Crippen molar-refractivity contribution in [3.8, 4) is 33.9 Å². The third-order valence-corrected chi connectivity index (χ3v) is 4.32. The second-order valence-corrected chi connectivity index (χ2v) is 6.18. The van der Waals surface area contributed by atoms with Gasteiger partial charge in [-0.05, 0) is 42.7 Å². The Morgan fingerprint density at radius 1 is 1.00 bits per heavy atom. The first-order valence-corrected chi connectivity index (χ1v) is 8.31. The van der Waals surface area contributed by atoms with Crippen molar-refractivity contribution in [3.63, 3.8) is 0 Å². The van der Waals surface area contributed by atoms with E-state index in [-0.39, 0.29) is 6.79 Å². The molecule has 0 amide bonds. The van der Waals surface area contributed by atoms with Gasteiger partial charge in [0.25, 0.3) is 0 Å². The maximum absolute atomic E-state index is 5.50. The quantitative estimate of drug-likeness (QED) is 0.788. The Morgan fingerprint density at radius 2 is 1.92 bits per heavy atom. The molecular weight excluding hydrogens is 316 g/mol. The van der Waals surface area contributed by atoms with Crippen LogP contribution in [0.15, 0.2) is 48.9 Å². The number of hydrogen-bond donors (Lipinski definition) is 1. The second kappa shape index (κ2) is 5.73. The van der Waals surface area contributed by atoms with E-state index in [1.54, 1.807) is 6.20 Å². The first kappa shape index (κ1) is 14.2. The summed E-state index contributed by atoms with van der Waals surface area (Å²) in [6, 6.07) is 10.3. The summed E-state index contributed by atoms with van der Waals surface area (Å²) >= 11 is 0. The van der Waals surface area contributed by atoms with Gasteiger partial charge in [-0.2, -0.15) is 0 Å². The molecule has 0 unspecified atom stereocenters. The Morgan fingerprint density at radius 3 is 2.76 bits per heavy atom. The molecule has 0 spiro atoms. The van der Waals surface area contributed by atoms with Crippen molar-refractivity contribution < 1.29 is 9.47 Å². The predicted octanol–water partition coefficient (Wildman–Crippen LogP) is 3.51. The number of rotatable bonds is 4. The highest BCUT2D eigenvalue weighted by molar-refractivity contribution is 5.81. The molecule has 1 fully saturated rings. The summed E-state index contributed by atoms with van der Waals surface area (Å²) in [6.07, 6.45) is 7.79. The molecule has 0 bridgehead atoms. The van der Waals surface area contributed by atoms with Gasteiger partial charge in [0.15, 0.2) is 11.5 Å². The van der Waals surface area contributed by atoms with Gasteiger partial charge in [-0.3, -0.25) is 4.98 Å². The number of benzene rings is 1. The molecular formula is C19H16N4O2. The molecule has 5 rings (SSSR count). The van der Waals surface area contributed by atoms with Crippen molar-refractivity contribution in [2.75, 3.05) is 12.1 Å². The minimum absolute atomic E-state index is 0.259. The summed E-state index contributed by atoms with van der Waals surface area (Å²) in [5, 5.41) is 3.36. The van der Waals surface area contributed by atoms with Gasteiger partial charge < -0.3 is 14.8 Å². The van der Waals surface area contributed by atoms with Gasteiger partial charge >= 0.3 is 0 Å². The summed E-state index contributed by atoms with van der Waals surface area (Å²) in [4.78, 5) is 13.5. The average molecular weight is 332 g/mol. The zero-order chi connectivity index (χ0) is 16.6.